The number of ether oxygens (including phenoxy) is 1. The van der Waals surface area contributed by atoms with Gasteiger partial charge in [0.2, 0.25) is 5.88 Å². The fraction of sp³-hybridized carbons (Fsp3) is 0.760. The summed E-state index contributed by atoms with van der Waals surface area (Å²) in [6, 6.07) is 1.54. The molecule has 35 heavy (non-hydrogen) atoms. The Morgan fingerprint density at radius 1 is 0.943 bits per heavy atom. The van der Waals surface area contributed by atoms with Crippen molar-refractivity contribution < 1.29 is 13.6 Å². The molecule has 2 rings (SSSR count). The lowest BCUT2D eigenvalue weighted by Crippen LogP contribution is -2.52. The topological polar surface area (TPSA) is 82.6 Å². The normalized spacial score (nSPS) is 20.4. The highest BCUT2D eigenvalue weighted by Crippen LogP contribution is 2.42. The highest BCUT2D eigenvalue weighted by atomic mass is 28.4. The summed E-state index contributed by atoms with van der Waals surface area (Å²) in [7, 11) is -6.25. The fourth-order valence-corrected chi connectivity index (χ4v) is 7.23. The van der Waals surface area contributed by atoms with Gasteiger partial charge in [0.05, 0.1) is 14.7 Å². The van der Waals surface area contributed by atoms with Crippen molar-refractivity contribution >= 4 is 35.9 Å². The number of aromatic nitrogens is 2. The molecule has 0 aliphatic carbocycles. The van der Waals surface area contributed by atoms with E-state index in [-0.39, 0.29) is 27.8 Å². The lowest BCUT2D eigenvalue weighted by Gasteiger charge is -2.41. The molecule has 1 aromatic rings. The third-order valence-electron chi connectivity index (χ3n) is 7.92. The molecule has 1 N–H and O–H groups in total. The van der Waals surface area contributed by atoms with E-state index in [4.69, 9.17) is 13.6 Å². The molecule has 1 aliphatic heterocycles. The zero-order valence-electron chi connectivity index (χ0n) is 24.4. The molecule has 0 radical (unpaired) electrons. The van der Waals surface area contributed by atoms with Gasteiger partial charge in [-0.3, -0.25) is 9.78 Å². The maximum absolute atomic E-state index is 13.1. The molecule has 7 nitrogen and oxygen atoms in total. The number of H-pyrrole nitrogens is 1. The molecule has 1 aliphatic rings. The van der Waals surface area contributed by atoms with Crippen LogP contribution in [-0.2, 0) is 13.6 Å². The van der Waals surface area contributed by atoms with Gasteiger partial charge in [0.15, 0.2) is 22.7 Å². The maximum atomic E-state index is 13.1. The van der Waals surface area contributed by atoms with Crippen molar-refractivity contribution in [2.24, 2.45) is 0 Å². The Morgan fingerprint density at radius 3 is 1.91 bits per heavy atom. The summed E-state index contributed by atoms with van der Waals surface area (Å²) in [5.41, 5.74) is 0.0143. The Kier molecular flexibility index (Phi) is 8.22. The van der Waals surface area contributed by atoms with Crippen LogP contribution < -0.4 is 16.6 Å². The van der Waals surface area contributed by atoms with Crippen LogP contribution in [0.15, 0.2) is 21.2 Å². The van der Waals surface area contributed by atoms with Crippen molar-refractivity contribution in [3.63, 3.8) is 0 Å². The van der Waals surface area contributed by atoms with Crippen LogP contribution in [0.25, 0.3) is 5.88 Å². The second-order valence-electron chi connectivity index (χ2n) is 13.9. The average Bonchev–Trinajstić information content (AvgIpc) is 2.92. The fourth-order valence-electron chi connectivity index (χ4n) is 3.46. The van der Waals surface area contributed by atoms with Crippen molar-refractivity contribution in [1.29, 1.82) is 0 Å². The Bertz CT molecular complexity index is 1080. The van der Waals surface area contributed by atoms with Gasteiger partial charge in [0, 0.05) is 17.0 Å². The van der Waals surface area contributed by atoms with E-state index in [1.807, 2.05) is 6.92 Å². The summed E-state index contributed by atoms with van der Waals surface area (Å²) in [5, 5.41) is 0.810. The van der Waals surface area contributed by atoms with Gasteiger partial charge in [-0.25, -0.2) is 9.36 Å². The monoisotopic (exact) mass is 540 g/mol. The molecule has 0 bridgehead atoms. The first kappa shape index (κ1) is 30.0. The lowest BCUT2D eigenvalue weighted by atomic mass is 10.1. The summed E-state index contributed by atoms with van der Waals surface area (Å²) < 4.78 is 21.6. The minimum Gasteiger partial charge on any atom is -0.470 e. The van der Waals surface area contributed by atoms with Gasteiger partial charge in [-0.2, -0.15) is 0 Å². The standard InChI is InChI=1S/C25H48N2O5Si3/c1-17-21(32-35(13,14)25(5,6)7)18(16-30-34(11,12)24(2,3)4)31-22(17)27-20(33(8,9)10)15-19(28)26-23(27)29/h15,18,21H,16H2,1-14H3,(H,26,28,29)/t18-,21+/m1/s1. The molecule has 10 heteroatoms. The summed E-state index contributed by atoms with van der Waals surface area (Å²) in [4.78, 5) is 27.7. The van der Waals surface area contributed by atoms with Crippen LogP contribution >= 0.6 is 0 Å². The molecule has 2 heterocycles. The molecule has 0 unspecified atom stereocenters. The van der Waals surface area contributed by atoms with Gasteiger partial charge >= 0.3 is 5.69 Å². The smallest absolute Gasteiger partial charge is 0.335 e. The number of nitrogens with one attached hydrogen (secondary N) is 1. The Labute approximate surface area is 214 Å². The van der Waals surface area contributed by atoms with Crippen LogP contribution in [0.3, 0.4) is 0 Å². The van der Waals surface area contributed by atoms with E-state index in [1.165, 1.54) is 0 Å². The van der Waals surface area contributed by atoms with E-state index in [2.05, 4.69) is 92.4 Å². The summed E-state index contributed by atoms with van der Waals surface area (Å²) in [5.74, 6) is 0.469. The van der Waals surface area contributed by atoms with Gasteiger partial charge in [-0.15, -0.1) is 0 Å². The number of hydrogen-bond acceptors (Lipinski definition) is 5. The molecule has 1 aromatic heterocycles. The van der Waals surface area contributed by atoms with Crippen LogP contribution in [0.4, 0.5) is 0 Å². The first-order chi connectivity index (χ1) is 15.5. The average molecular weight is 541 g/mol. The second-order valence-corrected chi connectivity index (χ2v) is 28.5. The molecule has 0 saturated carbocycles. The van der Waals surface area contributed by atoms with E-state index in [9.17, 15) is 9.59 Å². The Morgan fingerprint density at radius 2 is 1.46 bits per heavy atom. The van der Waals surface area contributed by atoms with E-state index < -0.39 is 30.4 Å². The van der Waals surface area contributed by atoms with E-state index in [1.54, 1.807) is 10.6 Å². The molecule has 0 spiro atoms. The minimum atomic E-state index is -2.16. The van der Waals surface area contributed by atoms with Crippen molar-refractivity contribution in [3.05, 3.63) is 32.5 Å². The minimum absolute atomic E-state index is 0.0131. The second kappa shape index (κ2) is 9.59. The molecule has 0 fully saturated rings. The highest BCUT2D eigenvalue weighted by molar-refractivity contribution is 6.88. The van der Waals surface area contributed by atoms with Gasteiger partial charge in [-0.05, 0) is 43.2 Å². The Hall–Kier alpha value is -1.21. The zero-order chi connectivity index (χ0) is 27.4. The lowest BCUT2D eigenvalue weighted by molar-refractivity contribution is 0.0317. The molecule has 200 valence electrons. The van der Waals surface area contributed by atoms with Crippen LogP contribution in [0, 0.1) is 0 Å². The van der Waals surface area contributed by atoms with E-state index in [0.29, 0.717) is 12.5 Å². The van der Waals surface area contributed by atoms with Crippen LogP contribution in [0.5, 0.6) is 0 Å². The van der Waals surface area contributed by atoms with Crippen molar-refractivity contribution in [2.75, 3.05) is 6.61 Å². The Balaban J connectivity index is 2.62. The number of rotatable bonds is 7. The van der Waals surface area contributed by atoms with Crippen molar-refractivity contribution in [1.82, 2.24) is 9.55 Å². The molecule has 0 saturated heterocycles. The first-order valence-electron chi connectivity index (χ1n) is 12.6. The third-order valence-corrected chi connectivity index (χ3v) is 18.8. The molecule has 0 aromatic carbocycles. The largest absolute Gasteiger partial charge is 0.470 e. The number of nitrogens with zero attached hydrogens (tertiary/aromatic N) is 1. The maximum Gasteiger partial charge on any atom is 0.335 e. The number of hydrogen-bond donors (Lipinski definition) is 1. The highest BCUT2D eigenvalue weighted by Gasteiger charge is 2.47. The SMILES string of the molecule is CC1=C(n2c([Si](C)(C)C)cc(=O)[nH]c2=O)O[C@H](CO[Si](C)(C)C(C)(C)C)[C@H]1O[Si](C)(C)C(C)(C)C. The molecule has 2 atom stereocenters. The van der Waals surface area contributed by atoms with Gasteiger partial charge in [0.1, 0.15) is 6.10 Å². The first-order valence-corrected chi connectivity index (χ1v) is 21.9. The van der Waals surface area contributed by atoms with Crippen LogP contribution in [0.2, 0.25) is 55.9 Å². The summed E-state index contributed by atoms with van der Waals surface area (Å²) in [6.07, 6.45) is -0.703. The molecular weight excluding hydrogens is 493 g/mol. The van der Waals surface area contributed by atoms with E-state index in [0.717, 1.165) is 10.9 Å². The van der Waals surface area contributed by atoms with Gasteiger partial charge < -0.3 is 13.6 Å². The zero-order valence-corrected chi connectivity index (χ0v) is 27.4. The van der Waals surface area contributed by atoms with Crippen LogP contribution in [0.1, 0.15) is 48.5 Å². The van der Waals surface area contributed by atoms with Crippen LogP contribution in [-0.4, -0.2) is 53.1 Å². The molecular formula is C25H48N2O5Si3. The predicted molar refractivity (Wildman–Crippen MR) is 153 cm³/mol. The predicted octanol–water partition coefficient (Wildman–Crippen LogP) is 5.08. The quantitative estimate of drug-likeness (QED) is 0.488. The van der Waals surface area contributed by atoms with Gasteiger partial charge in [0.25, 0.3) is 5.56 Å². The number of aromatic amines is 1. The van der Waals surface area contributed by atoms with Crippen molar-refractivity contribution in [2.45, 2.75) is 117 Å². The van der Waals surface area contributed by atoms with Crippen molar-refractivity contribution in [3.8, 4) is 0 Å². The summed E-state index contributed by atoms with van der Waals surface area (Å²) in [6.45, 7) is 30.9. The third kappa shape index (κ3) is 6.38. The summed E-state index contributed by atoms with van der Waals surface area (Å²) >= 11 is 0. The molecule has 0 amide bonds. The van der Waals surface area contributed by atoms with E-state index >= 15 is 0 Å². The van der Waals surface area contributed by atoms with Gasteiger partial charge in [-0.1, -0.05) is 61.2 Å².